The summed E-state index contributed by atoms with van der Waals surface area (Å²) >= 11 is 1.82. The lowest BCUT2D eigenvalue weighted by molar-refractivity contribution is 0.230. The van der Waals surface area contributed by atoms with E-state index in [2.05, 4.69) is 70.4 Å². The highest BCUT2D eigenvalue weighted by atomic mass is 32.2. The number of hydrogen-bond donors (Lipinski definition) is 0. The lowest BCUT2D eigenvalue weighted by Crippen LogP contribution is -2.34. The highest BCUT2D eigenvalue weighted by Gasteiger charge is 2.36. The summed E-state index contributed by atoms with van der Waals surface area (Å²) in [6.45, 7) is 6.02. The van der Waals surface area contributed by atoms with E-state index in [0.717, 1.165) is 19.5 Å². The standard InChI is InChI=1S/C28H34N2S/c1-31-24-13-11-23(12-14-24)27-21-30-19-7-9-28(30)25-15-10-22(20-26(25)27)8-3-6-18-29-16-4-2-5-17-29/h10-15,20,27-28H,2,4-7,9,16-19,21H2,1H3/t27-,28-/m0/s1. The van der Waals surface area contributed by atoms with Crippen LogP contribution in [0.3, 0.4) is 0 Å². The molecule has 2 saturated heterocycles. The van der Waals surface area contributed by atoms with E-state index in [0.29, 0.717) is 12.0 Å². The average molecular weight is 431 g/mol. The summed E-state index contributed by atoms with van der Waals surface area (Å²) < 4.78 is 0. The van der Waals surface area contributed by atoms with Gasteiger partial charge in [-0.2, -0.15) is 0 Å². The van der Waals surface area contributed by atoms with Crippen LogP contribution in [0, 0.1) is 11.8 Å². The van der Waals surface area contributed by atoms with Crippen molar-refractivity contribution in [2.75, 3.05) is 39.0 Å². The number of piperidine rings is 1. The molecule has 0 N–H and O–H groups in total. The second kappa shape index (κ2) is 9.82. The van der Waals surface area contributed by atoms with Crippen molar-refractivity contribution >= 4 is 11.8 Å². The van der Waals surface area contributed by atoms with Gasteiger partial charge in [0, 0.05) is 41.9 Å². The van der Waals surface area contributed by atoms with Crippen molar-refractivity contribution in [3.05, 3.63) is 64.7 Å². The number of fused-ring (bicyclic) bond motifs is 3. The van der Waals surface area contributed by atoms with Gasteiger partial charge in [0.2, 0.25) is 0 Å². The van der Waals surface area contributed by atoms with Crippen LogP contribution in [0.2, 0.25) is 0 Å². The van der Waals surface area contributed by atoms with Crippen LogP contribution >= 0.6 is 11.8 Å². The third-order valence-electron chi connectivity index (χ3n) is 7.35. The number of rotatable bonds is 4. The molecule has 0 aliphatic carbocycles. The highest BCUT2D eigenvalue weighted by Crippen LogP contribution is 2.44. The van der Waals surface area contributed by atoms with Gasteiger partial charge in [0.1, 0.15) is 0 Å². The predicted octanol–water partition coefficient (Wildman–Crippen LogP) is 5.92. The fourth-order valence-corrected chi connectivity index (χ4v) is 6.08. The molecule has 2 nitrogen and oxygen atoms in total. The van der Waals surface area contributed by atoms with E-state index in [4.69, 9.17) is 0 Å². The van der Waals surface area contributed by atoms with Crippen LogP contribution in [-0.4, -0.2) is 48.8 Å². The Bertz CT molecular complexity index is 949. The van der Waals surface area contributed by atoms with E-state index in [-0.39, 0.29) is 0 Å². The quantitative estimate of drug-likeness (QED) is 0.439. The summed E-state index contributed by atoms with van der Waals surface area (Å²) in [7, 11) is 0. The molecule has 0 radical (unpaired) electrons. The van der Waals surface area contributed by atoms with Gasteiger partial charge in [-0.3, -0.25) is 4.90 Å². The molecule has 3 heterocycles. The topological polar surface area (TPSA) is 6.48 Å². The number of benzene rings is 2. The summed E-state index contributed by atoms with van der Waals surface area (Å²) in [6, 6.07) is 16.9. The molecule has 0 unspecified atom stereocenters. The van der Waals surface area contributed by atoms with Crippen molar-refractivity contribution in [1.29, 1.82) is 0 Å². The van der Waals surface area contributed by atoms with Crippen molar-refractivity contribution in [3.8, 4) is 11.8 Å². The largest absolute Gasteiger partial charge is 0.302 e. The van der Waals surface area contributed by atoms with Gasteiger partial charge in [0.05, 0.1) is 0 Å². The number of nitrogens with zero attached hydrogens (tertiary/aromatic N) is 2. The molecule has 5 rings (SSSR count). The van der Waals surface area contributed by atoms with E-state index in [1.54, 1.807) is 5.56 Å². The zero-order valence-corrected chi connectivity index (χ0v) is 19.6. The van der Waals surface area contributed by atoms with Crippen molar-refractivity contribution in [2.24, 2.45) is 0 Å². The van der Waals surface area contributed by atoms with Gasteiger partial charge in [-0.1, -0.05) is 36.5 Å². The fourth-order valence-electron chi connectivity index (χ4n) is 5.67. The fraction of sp³-hybridized carbons (Fsp3) is 0.500. The molecule has 3 aliphatic heterocycles. The molecule has 0 amide bonds. The second-order valence-electron chi connectivity index (χ2n) is 9.28. The SMILES string of the molecule is CSc1ccc([C@@H]2CN3CCC[C@H]3c3ccc(C#CCCN4CCCCC4)cc32)cc1. The Kier molecular flexibility index (Phi) is 6.69. The summed E-state index contributed by atoms with van der Waals surface area (Å²) in [6.07, 6.45) is 9.86. The molecule has 2 fully saturated rings. The first-order valence-electron chi connectivity index (χ1n) is 12.0. The minimum Gasteiger partial charge on any atom is -0.302 e. The van der Waals surface area contributed by atoms with Gasteiger partial charge in [0.25, 0.3) is 0 Å². The summed E-state index contributed by atoms with van der Waals surface area (Å²) in [5, 5.41) is 0. The average Bonchev–Trinajstić information content (AvgIpc) is 3.31. The van der Waals surface area contributed by atoms with Crippen LogP contribution in [0.4, 0.5) is 0 Å². The normalized spacial score (nSPS) is 23.6. The summed E-state index contributed by atoms with van der Waals surface area (Å²) in [5.41, 5.74) is 5.69. The summed E-state index contributed by atoms with van der Waals surface area (Å²) in [5.74, 6) is 7.41. The van der Waals surface area contributed by atoms with Crippen LogP contribution in [0.5, 0.6) is 0 Å². The van der Waals surface area contributed by atoms with Gasteiger partial charge in [-0.05, 0) is 92.5 Å². The molecule has 2 aromatic rings. The van der Waals surface area contributed by atoms with E-state index < -0.39 is 0 Å². The minimum atomic E-state index is 0.454. The Morgan fingerprint density at radius 3 is 2.58 bits per heavy atom. The van der Waals surface area contributed by atoms with Crippen LogP contribution in [-0.2, 0) is 0 Å². The number of likely N-dealkylation sites (tertiary alicyclic amines) is 1. The van der Waals surface area contributed by atoms with E-state index in [1.807, 2.05) is 11.8 Å². The predicted molar refractivity (Wildman–Crippen MR) is 132 cm³/mol. The van der Waals surface area contributed by atoms with E-state index in [1.165, 1.54) is 73.3 Å². The maximum absolute atomic E-state index is 3.49. The smallest absolute Gasteiger partial charge is 0.0351 e. The van der Waals surface area contributed by atoms with Gasteiger partial charge in [-0.25, -0.2) is 0 Å². The second-order valence-corrected chi connectivity index (χ2v) is 10.2. The molecule has 2 atom stereocenters. The van der Waals surface area contributed by atoms with E-state index >= 15 is 0 Å². The van der Waals surface area contributed by atoms with Gasteiger partial charge in [-0.15, -0.1) is 11.8 Å². The van der Waals surface area contributed by atoms with Crippen molar-refractivity contribution in [3.63, 3.8) is 0 Å². The van der Waals surface area contributed by atoms with Gasteiger partial charge < -0.3 is 4.90 Å². The van der Waals surface area contributed by atoms with E-state index in [9.17, 15) is 0 Å². The van der Waals surface area contributed by atoms with Crippen molar-refractivity contribution in [1.82, 2.24) is 9.80 Å². The molecule has 0 aromatic heterocycles. The van der Waals surface area contributed by atoms with Crippen molar-refractivity contribution < 1.29 is 0 Å². The maximum atomic E-state index is 3.49. The highest BCUT2D eigenvalue weighted by molar-refractivity contribution is 7.98. The van der Waals surface area contributed by atoms with Crippen LogP contribution in [0.25, 0.3) is 0 Å². The molecule has 2 aromatic carbocycles. The first kappa shape index (κ1) is 21.1. The molecule has 3 heteroatoms. The van der Waals surface area contributed by atoms with Gasteiger partial charge in [0.15, 0.2) is 0 Å². The number of hydrogen-bond acceptors (Lipinski definition) is 3. The Hall–Kier alpha value is -1.73. The monoisotopic (exact) mass is 430 g/mol. The molecule has 3 aliphatic rings. The van der Waals surface area contributed by atoms with Gasteiger partial charge >= 0.3 is 0 Å². The zero-order valence-electron chi connectivity index (χ0n) is 18.8. The van der Waals surface area contributed by atoms with Crippen LogP contribution in [0.1, 0.15) is 72.7 Å². The van der Waals surface area contributed by atoms with Crippen molar-refractivity contribution in [2.45, 2.75) is 55.4 Å². The lowest BCUT2D eigenvalue weighted by Gasteiger charge is -2.37. The third-order valence-corrected chi connectivity index (χ3v) is 8.10. The number of thioether (sulfide) groups is 1. The third kappa shape index (κ3) is 4.72. The zero-order chi connectivity index (χ0) is 21.0. The molecular weight excluding hydrogens is 396 g/mol. The molecule has 0 bridgehead atoms. The molecule has 0 saturated carbocycles. The molecule has 31 heavy (non-hydrogen) atoms. The Labute approximate surface area is 192 Å². The Morgan fingerprint density at radius 2 is 1.77 bits per heavy atom. The Balaban J connectivity index is 1.38. The molecule has 162 valence electrons. The first-order chi connectivity index (χ1) is 15.3. The maximum Gasteiger partial charge on any atom is 0.0351 e. The van der Waals surface area contributed by atoms with Crippen LogP contribution < -0.4 is 0 Å². The summed E-state index contributed by atoms with van der Waals surface area (Å²) in [4.78, 5) is 6.63. The molecular formula is C28H34N2S. The van der Waals surface area contributed by atoms with Crippen LogP contribution in [0.15, 0.2) is 47.4 Å². The minimum absolute atomic E-state index is 0.454. The lowest BCUT2D eigenvalue weighted by atomic mass is 9.81. The first-order valence-corrected chi connectivity index (χ1v) is 13.3. The molecule has 0 spiro atoms. The Morgan fingerprint density at radius 1 is 0.935 bits per heavy atom.